The van der Waals surface area contributed by atoms with Crippen molar-refractivity contribution in [1.82, 2.24) is 29.4 Å². The van der Waals surface area contributed by atoms with E-state index >= 15 is 0 Å². The molecule has 3 aromatic carbocycles. The molecule has 0 radical (unpaired) electrons. The minimum atomic E-state index is -0.227. The largest absolute Gasteiger partial charge is 0.507 e. The van der Waals surface area contributed by atoms with E-state index in [1.54, 1.807) is 29.0 Å². The number of aromatic nitrogens is 6. The van der Waals surface area contributed by atoms with Gasteiger partial charge in [-0.05, 0) is 43.7 Å². The lowest BCUT2D eigenvalue weighted by Crippen LogP contribution is -2.16. The molecular weight excluding hydrogens is 464 g/mol. The van der Waals surface area contributed by atoms with Crippen LogP contribution in [0.2, 0.25) is 0 Å². The summed E-state index contributed by atoms with van der Waals surface area (Å²) in [5.41, 5.74) is 6.96. The molecule has 8 nitrogen and oxygen atoms in total. The molecule has 3 aromatic heterocycles. The summed E-state index contributed by atoms with van der Waals surface area (Å²) in [5.74, 6) is 1.40. The highest BCUT2D eigenvalue weighted by atomic mass is 16.5. The van der Waals surface area contributed by atoms with Crippen LogP contribution in [0.15, 0.2) is 85.2 Å². The molecule has 37 heavy (non-hydrogen) atoms. The Labute approximate surface area is 212 Å². The molecule has 0 saturated heterocycles. The molecule has 6 aromatic rings. The molecule has 0 spiro atoms. The first-order valence-electron chi connectivity index (χ1n) is 12.0. The van der Waals surface area contributed by atoms with Gasteiger partial charge in [0.1, 0.15) is 12.1 Å². The van der Waals surface area contributed by atoms with E-state index in [9.17, 15) is 5.11 Å². The number of para-hydroxylation sites is 2. The second kappa shape index (κ2) is 8.03. The van der Waals surface area contributed by atoms with Crippen molar-refractivity contribution in [1.29, 1.82) is 0 Å². The smallest absolute Gasteiger partial charge is 0.230 e. The average molecular weight is 487 g/mol. The molecule has 1 unspecified atom stereocenters. The Hall–Kier alpha value is -4.98. The van der Waals surface area contributed by atoms with Gasteiger partial charge in [0.2, 0.25) is 11.8 Å². The molecule has 0 aliphatic carbocycles. The number of rotatable bonds is 3. The Morgan fingerprint density at radius 2 is 1.59 bits per heavy atom. The molecule has 1 N–H and O–H groups in total. The maximum Gasteiger partial charge on any atom is 0.230 e. The molecule has 7 rings (SSSR count). The van der Waals surface area contributed by atoms with Crippen molar-refractivity contribution in [2.45, 2.75) is 19.8 Å². The fraction of sp³-hybridized carbons (Fsp3) is 0.103. The van der Waals surface area contributed by atoms with Crippen LogP contribution in [-0.4, -0.2) is 34.5 Å². The van der Waals surface area contributed by atoms with Gasteiger partial charge >= 0.3 is 0 Å². The molecule has 1 aliphatic rings. The maximum atomic E-state index is 10.4. The van der Waals surface area contributed by atoms with Crippen molar-refractivity contribution >= 4 is 5.65 Å². The van der Waals surface area contributed by atoms with Gasteiger partial charge in [0.15, 0.2) is 11.5 Å². The number of nitrogens with zero attached hydrogens (tertiary/aromatic N) is 6. The maximum absolute atomic E-state index is 10.4. The van der Waals surface area contributed by atoms with Crippen LogP contribution in [0, 0.1) is 13.8 Å². The molecule has 180 valence electrons. The van der Waals surface area contributed by atoms with Gasteiger partial charge in [-0.3, -0.25) is 0 Å². The molecule has 8 heteroatoms. The fourth-order valence-corrected chi connectivity index (χ4v) is 4.99. The Bertz CT molecular complexity index is 1790. The van der Waals surface area contributed by atoms with Crippen molar-refractivity contribution in [2.75, 3.05) is 0 Å². The summed E-state index contributed by atoms with van der Waals surface area (Å²) in [6.07, 6.45) is 1.60. The third-order valence-electron chi connectivity index (χ3n) is 6.78. The third-order valence-corrected chi connectivity index (χ3v) is 6.78. The summed E-state index contributed by atoms with van der Waals surface area (Å²) in [6, 6.07) is 25.4. The second-order valence-electron chi connectivity index (χ2n) is 9.18. The molecule has 1 atom stereocenters. The van der Waals surface area contributed by atoms with E-state index in [2.05, 4.69) is 41.3 Å². The van der Waals surface area contributed by atoms with Crippen LogP contribution < -0.4 is 4.74 Å². The van der Waals surface area contributed by atoms with Crippen molar-refractivity contribution in [2.24, 2.45) is 0 Å². The molecule has 0 amide bonds. The normalized spacial score (nSPS) is 14.3. The highest BCUT2D eigenvalue weighted by Gasteiger charge is 2.38. The molecule has 4 heterocycles. The van der Waals surface area contributed by atoms with Crippen molar-refractivity contribution < 1.29 is 9.84 Å². The summed E-state index contributed by atoms with van der Waals surface area (Å²) < 4.78 is 9.94. The van der Waals surface area contributed by atoms with Crippen LogP contribution in [0.3, 0.4) is 0 Å². The predicted octanol–water partition coefficient (Wildman–Crippen LogP) is 5.59. The first-order chi connectivity index (χ1) is 18.1. The molecule has 0 fully saturated rings. The first kappa shape index (κ1) is 21.3. The van der Waals surface area contributed by atoms with E-state index in [0.29, 0.717) is 28.8 Å². The van der Waals surface area contributed by atoms with Gasteiger partial charge in [-0.15, -0.1) is 5.10 Å². The quantitative estimate of drug-likeness (QED) is 0.350. The van der Waals surface area contributed by atoms with E-state index in [4.69, 9.17) is 14.8 Å². The van der Waals surface area contributed by atoms with E-state index < -0.39 is 0 Å². The average Bonchev–Trinajstić information content (AvgIpc) is 3.50. The highest BCUT2D eigenvalue weighted by molar-refractivity contribution is 5.70. The molecule has 0 bridgehead atoms. The number of phenols is 1. The van der Waals surface area contributed by atoms with Gasteiger partial charge in [-0.1, -0.05) is 60.2 Å². The number of phenolic OH excluding ortho intramolecular Hbond substituents is 1. The minimum absolute atomic E-state index is 0.119. The number of hydrogen-bond acceptors (Lipinski definition) is 6. The summed E-state index contributed by atoms with van der Waals surface area (Å²) in [7, 11) is 0. The number of hydrogen-bond donors (Lipinski definition) is 1. The van der Waals surface area contributed by atoms with Gasteiger partial charge in [-0.2, -0.15) is 5.10 Å². The lowest BCUT2D eigenvalue weighted by atomic mass is 9.84. The van der Waals surface area contributed by atoms with Crippen molar-refractivity contribution in [3.05, 3.63) is 113 Å². The number of fused-ring (bicyclic) bond motifs is 4. The topological polar surface area (TPSA) is 90.4 Å². The zero-order chi connectivity index (χ0) is 25.1. The number of aromatic hydroxyl groups is 1. The van der Waals surface area contributed by atoms with Crippen LogP contribution >= 0.6 is 0 Å². The van der Waals surface area contributed by atoms with Gasteiger partial charge in [0, 0.05) is 0 Å². The summed E-state index contributed by atoms with van der Waals surface area (Å²) in [5, 5.41) is 19.9. The van der Waals surface area contributed by atoms with Crippen LogP contribution in [0.25, 0.3) is 22.7 Å². The van der Waals surface area contributed by atoms with E-state index in [-0.39, 0.29) is 11.7 Å². The molecular formula is C29H22N6O2. The lowest BCUT2D eigenvalue weighted by Gasteiger charge is -2.26. The van der Waals surface area contributed by atoms with Crippen LogP contribution in [-0.2, 0) is 0 Å². The zero-order valence-electron chi connectivity index (χ0n) is 20.2. The fourth-order valence-electron chi connectivity index (χ4n) is 4.99. The Kier molecular flexibility index (Phi) is 4.62. The number of benzene rings is 3. The SMILES string of the molecule is Cc1ccc(C2c3c(C)nn(-c4ccccc4)c3Oc3ncn4nc(-c5ccccc5O)nc4c32)cc1. The molecule has 0 saturated carbocycles. The second-order valence-corrected chi connectivity index (χ2v) is 9.18. The highest BCUT2D eigenvalue weighted by Crippen LogP contribution is 2.49. The van der Waals surface area contributed by atoms with Gasteiger partial charge in [0.25, 0.3) is 0 Å². The monoisotopic (exact) mass is 486 g/mol. The summed E-state index contributed by atoms with van der Waals surface area (Å²) >= 11 is 0. The first-order valence-corrected chi connectivity index (χ1v) is 12.0. The van der Waals surface area contributed by atoms with Gasteiger partial charge < -0.3 is 9.84 Å². The Balaban J connectivity index is 1.50. The number of ether oxygens (including phenoxy) is 1. The van der Waals surface area contributed by atoms with Crippen LogP contribution in [0.5, 0.6) is 17.5 Å². The summed E-state index contributed by atoms with van der Waals surface area (Å²) in [4.78, 5) is 9.51. The van der Waals surface area contributed by atoms with E-state index in [1.165, 1.54) is 5.56 Å². The van der Waals surface area contributed by atoms with Crippen molar-refractivity contribution in [3.63, 3.8) is 0 Å². The lowest BCUT2D eigenvalue weighted by molar-refractivity contribution is 0.402. The van der Waals surface area contributed by atoms with Crippen LogP contribution in [0.4, 0.5) is 0 Å². The zero-order valence-corrected chi connectivity index (χ0v) is 20.2. The summed E-state index contributed by atoms with van der Waals surface area (Å²) in [6.45, 7) is 4.07. The third kappa shape index (κ3) is 3.30. The predicted molar refractivity (Wildman–Crippen MR) is 138 cm³/mol. The van der Waals surface area contributed by atoms with Gasteiger partial charge in [-0.25, -0.2) is 19.2 Å². The molecule has 1 aliphatic heterocycles. The minimum Gasteiger partial charge on any atom is -0.507 e. The van der Waals surface area contributed by atoms with Crippen molar-refractivity contribution in [3.8, 4) is 34.6 Å². The standard InChI is InChI=1S/C29H22N6O2/c1-17-12-14-19(15-13-17)24-23-18(2)32-35(20-8-4-3-5-9-20)29(23)37-28-25(24)27-31-26(33-34(27)16-30-28)21-10-6-7-11-22(21)36/h3-16,24,36H,1-2H3. The van der Waals surface area contributed by atoms with Gasteiger partial charge in [0.05, 0.1) is 34.0 Å². The number of aryl methyl sites for hydroxylation is 2. The Morgan fingerprint density at radius 3 is 2.38 bits per heavy atom. The Morgan fingerprint density at radius 1 is 0.838 bits per heavy atom. The van der Waals surface area contributed by atoms with E-state index in [0.717, 1.165) is 28.1 Å². The van der Waals surface area contributed by atoms with E-state index in [1.807, 2.05) is 48.0 Å². The van der Waals surface area contributed by atoms with Crippen LogP contribution in [0.1, 0.15) is 33.9 Å².